The average molecular weight is 300 g/mol. The highest BCUT2D eigenvalue weighted by Gasteiger charge is 2.18. The number of tetrazole rings is 1. The van der Waals surface area contributed by atoms with E-state index in [1.807, 2.05) is 6.07 Å². The molecule has 2 aromatic rings. The van der Waals surface area contributed by atoms with Gasteiger partial charge in [-0.25, -0.2) is 4.68 Å². The van der Waals surface area contributed by atoms with Gasteiger partial charge in [-0.2, -0.15) is 5.26 Å². The number of rotatable bonds is 5. The summed E-state index contributed by atoms with van der Waals surface area (Å²) in [5.74, 6) is -1.11. The molecule has 1 N–H and O–H groups in total. The van der Waals surface area contributed by atoms with Crippen molar-refractivity contribution in [1.82, 2.24) is 20.2 Å². The van der Waals surface area contributed by atoms with E-state index in [0.717, 1.165) is 0 Å². The monoisotopic (exact) mass is 300 g/mol. The molecule has 0 aliphatic carbocycles. The molecule has 2 rings (SSSR count). The third kappa shape index (κ3) is 4.11. The molecule has 1 atom stereocenters. The summed E-state index contributed by atoms with van der Waals surface area (Å²) in [6.07, 6.45) is 0.294. The Morgan fingerprint density at radius 3 is 2.73 bits per heavy atom. The third-order valence-electron chi connectivity index (χ3n) is 2.64. The molecule has 9 nitrogen and oxygen atoms in total. The number of benzene rings is 1. The van der Waals surface area contributed by atoms with Gasteiger partial charge in [0.15, 0.2) is 6.10 Å². The summed E-state index contributed by atoms with van der Waals surface area (Å²) in [5, 5.41) is 21.6. The van der Waals surface area contributed by atoms with E-state index in [1.165, 1.54) is 17.9 Å². The number of anilines is 1. The zero-order chi connectivity index (χ0) is 15.9. The molecule has 1 aromatic heterocycles. The molecule has 0 radical (unpaired) electrons. The van der Waals surface area contributed by atoms with Gasteiger partial charge in [0.1, 0.15) is 12.9 Å². The predicted molar refractivity (Wildman–Crippen MR) is 73.2 cm³/mol. The minimum absolute atomic E-state index is 0.179. The zero-order valence-corrected chi connectivity index (χ0v) is 11.6. The second-order valence-corrected chi connectivity index (χ2v) is 4.32. The quantitative estimate of drug-likeness (QED) is 0.777. The smallest absolute Gasteiger partial charge is 0.328 e. The van der Waals surface area contributed by atoms with E-state index in [-0.39, 0.29) is 6.54 Å². The lowest BCUT2D eigenvalue weighted by Gasteiger charge is -2.13. The number of carbonyl (C=O) groups is 2. The number of hydrogen-bond donors (Lipinski definition) is 1. The highest BCUT2D eigenvalue weighted by molar-refractivity contribution is 5.95. The Morgan fingerprint density at radius 2 is 2.14 bits per heavy atom. The summed E-state index contributed by atoms with van der Waals surface area (Å²) in [6.45, 7) is 1.28. The second kappa shape index (κ2) is 6.94. The Kier molecular flexibility index (Phi) is 4.77. The van der Waals surface area contributed by atoms with E-state index < -0.39 is 18.0 Å². The first-order chi connectivity index (χ1) is 10.6. The van der Waals surface area contributed by atoms with E-state index in [9.17, 15) is 9.59 Å². The lowest BCUT2D eigenvalue weighted by Crippen LogP contribution is -2.31. The van der Waals surface area contributed by atoms with Crippen LogP contribution in [0.2, 0.25) is 0 Å². The lowest BCUT2D eigenvalue weighted by molar-refractivity contribution is -0.153. The Bertz CT molecular complexity index is 690. The highest BCUT2D eigenvalue weighted by Crippen LogP contribution is 2.09. The number of amides is 1. The summed E-state index contributed by atoms with van der Waals surface area (Å²) < 4.78 is 6.17. The van der Waals surface area contributed by atoms with Crippen LogP contribution in [0.1, 0.15) is 12.5 Å². The van der Waals surface area contributed by atoms with Crippen molar-refractivity contribution in [2.24, 2.45) is 0 Å². The Hall–Kier alpha value is -3.28. The average Bonchev–Trinajstić information content (AvgIpc) is 3.00. The van der Waals surface area contributed by atoms with Crippen molar-refractivity contribution in [3.05, 3.63) is 36.2 Å². The number of nitriles is 1. The third-order valence-corrected chi connectivity index (χ3v) is 2.64. The van der Waals surface area contributed by atoms with Gasteiger partial charge in [0.2, 0.25) is 0 Å². The maximum Gasteiger partial charge on any atom is 0.328 e. The van der Waals surface area contributed by atoms with Crippen molar-refractivity contribution in [3.8, 4) is 6.07 Å². The first kappa shape index (κ1) is 15.1. The minimum atomic E-state index is -0.973. The summed E-state index contributed by atoms with van der Waals surface area (Å²) in [6, 6.07) is 8.30. The van der Waals surface area contributed by atoms with Gasteiger partial charge < -0.3 is 10.1 Å². The van der Waals surface area contributed by atoms with Crippen molar-refractivity contribution in [2.75, 3.05) is 5.32 Å². The molecule has 0 fully saturated rings. The molecule has 0 saturated heterocycles. The van der Waals surface area contributed by atoms with Crippen LogP contribution in [-0.2, 0) is 20.9 Å². The topological polar surface area (TPSA) is 123 Å². The molecule has 0 spiro atoms. The highest BCUT2D eigenvalue weighted by atomic mass is 16.5. The van der Waals surface area contributed by atoms with E-state index >= 15 is 0 Å². The predicted octanol–water partition coefficient (Wildman–Crippen LogP) is 0.115. The van der Waals surface area contributed by atoms with E-state index in [1.54, 1.807) is 24.3 Å². The van der Waals surface area contributed by atoms with E-state index in [2.05, 4.69) is 20.8 Å². The molecule has 0 aliphatic rings. The summed E-state index contributed by atoms with van der Waals surface area (Å²) in [4.78, 5) is 23.5. The van der Waals surface area contributed by atoms with Crippen molar-refractivity contribution in [3.63, 3.8) is 0 Å². The standard InChI is InChI=1S/C13H12N6O3/c1-9(22-12(20)7-19-8-15-17-18-19)13(21)16-11-4-2-10(6-14)3-5-11/h2-5,8-9H,7H2,1H3,(H,16,21)/t9-/m0/s1. The molecule has 112 valence electrons. The number of esters is 1. The molecule has 1 amide bonds. The molecular weight excluding hydrogens is 288 g/mol. The Morgan fingerprint density at radius 1 is 1.41 bits per heavy atom. The summed E-state index contributed by atoms with van der Waals surface area (Å²) >= 11 is 0. The Labute approximate surface area is 125 Å². The number of nitrogens with zero attached hydrogens (tertiary/aromatic N) is 5. The molecule has 1 heterocycles. The molecule has 0 saturated carbocycles. The SMILES string of the molecule is C[C@H](OC(=O)Cn1cnnn1)C(=O)Nc1ccc(C#N)cc1. The van der Waals surface area contributed by atoms with E-state index in [4.69, 9.17) is 10.00 Å². The molecule has 0 unspecified atom stereocenters. The van der Waals surface area contributed by atoms with Gasteiger partial charge in [-0.15, -0.1) is 5.10 Å². The molecule has 0 aliphatic heterocycles. The Balaban J connectivity index is 1.86. The van der Waals surface area contributed by atoms with Crippen LogP contribution in [0.15, 0.2) is 30.6 Å². The number of carbonyl (C=O) groups excluding carboxylic acids is 2. The van der Waals surface area contributed by atoms with Gasteiger partial charge in [-0.3, -0.25) is 9.59 Å². The van der Waals surface area contributed by atoms with E-state index in [0.29, 0.717) is 11.3 Å². The van der Waals surface area contributed by atoms with Crippen molar-refractivity contribution >= 4 is 17.6 Å². The van der Waals surface area contributed by atoms with Gasteiger partial charge in [-0.1, -0.05) is 0 Å². The van der Waals surface area contributed by atoms with Gasteiger partial charge >= 0.3 is 5.97 Å². The van der Waals surface area contributed by atoms with Crippen LogP contribution in [0.4, 0.5) is 5.69 Å². The fourth-order valence-electron chi connectivity index (χ4n) is 1.54. The van der Waals surface area contributed by atoms with Crippen molar-refractivity contribution < 1.29 is 14.3 Å². The lowest BCUT2D eigenvalue weighted by atomic mass is 10.2. The van der Waals surface area contributed by atoms with Gasteiger partial charge in [-0.05, 0) is 41.6 Å². The van der Waals surface area contributed by atoms with Gasteiger partial charge in [0.25, 0.3) is 5.91 Å². The molecular formula is C13H12N6O3. The molecule has 1 aromatic carbocycles. The summed E-state index contributed by atoms with van der Waals surface area (Å²) in [7, 11) is 0. The number of hydrogen-bond acceptors (Lipinski definition) is 7. The van der Waals surface area contributed by atoms with Gasteiger partial charge in [0, 0.05) is 5.69 Å². The zero-order valence-electron chi connectivity index (χ0n) is 11.6. The maximum atomic E-state index is 11.9. The molecule has 0 bridgehead atoms. The fraction of sp³-hybridized carbons (Fsp3) is 0.231. The number of ether oxygens (including phenoxy) is 1. The van der Waals surface area contributed by atoms with Crippen LogP contribution in [0, 0.1) is 11.3 Å². The second-order valence-electron chi connectivity index (χ2n) is 4.32. The summed E-state index contributed by atoms with van der Waals surface area (Å²) in [5.41, 5.74) is 0.992. The minimum Gasteiger partial charge on any atom is -0.451 e. The van der Waals surface area contributed by atoms with Crippen LogP contribution >= 0.6 is 0 Å². The fourth-order valence-corrected chi connectivity index (χ4v) is 1.54. The largest absolute Gasteiger partial charge is 0.451 e. The van der Waals surface area contributed by atoms with Crippen LogP contribution in [0.25, 0.3) is 0 Å². The van der Waals surface area contributed by atoms with Crippen molar-refractivity contribution in [1.29, 1.82) is 5.26 Å². The number of nitrogens with one attached hydrogen (secondary N) is 1. The van der Waals surface area contributed by atoms with Crippen LogP contribution < -0.4 is 5.32 Å². The number of aromatic nitrogens is 4. The van der Waals surface area contributed by atoms with Gasteiger partial charge in [0.05, 0.1) is 11.6 Å². The van der Waals surface area contributed by atoms with Crippen LogP contribution in [-0.4, -0.2) is 38.2 Å². The van der Waals surface area contributed by atoms with Crippen molar-refractivity contribution in [2.45, 2.75) is 19.6 Å². The molecule has 22 heavy (non-hydrogen) atoms. The van der Waals surface area contributed by atoms with Crippen LogP contribution in [0.3, 0.4) is 0 Å². The van der Waals surface area contributed by atoms with Crippen LogP contribution in [0.5, 0.6) is 0 Å². The molecule has 9 heteroatoms. The first-order valence-corrected chi connectivity index (χ1v) is 6.30. The first-order valence-electron chi connectivity index (χ1n) is 6.30. The maximum absolute atomic E-state index is 11.9. The normalized spacial score (nSPS) is 11.3.